The molecular weight excluding hydrogens is 290 g/mol. The molecule has 2 heterocycles. The number of rotatable bonds is 4. The average molecular weight is 309 g/mol. The van der Waals surface area contributed by atoms with Crippen LogP contribution in [0.15, 0.2) is 48.5 Å². The molecule has 5 heteroatoms. The highest BCUT2D eigenvalue weighted by molar-refractivity contribution is 5.96. The summed E-state index contributed by atoms with van der Waals surface area (Å²) in [5.74, 6) is 0.0794. The Labute approximate surface area is 135 Å². The standard InChI is InChI=1S/C18H19N3O2/c1-13-6-5-9-16(19-13)20-18(23)15-10-17(22)21(12-15)11-14-7-3-2-4-8-14/h2-9,15H,10-12H2,1H3,(H,19,20,23)/t15-/m1/s1. The first-order valence-electron chi connectivity index (χ1n) is 7.68. The van der Waals surface area contributed by atoms with Crippen molar-refractivity contribution in [3.8, 4) is 0 Å². The lowest BCUT2D eigenvalue weighted by Gasteiger charge is -2.16. The number of carbonyl (C=O) groups excluding carboxylic acids is 2. The zero-order valence-corrected chi connectivity index (χ0v) is 13.0. The molecule has 2 aromatic rings. The Balaban J connectivity index is 1.61. The van der Waals surface area contributed by atoms with Crippen molar-refractivity contribution in [2.75, 3.05) is 11.9 Å². The smallest absolute Gasteiger partial charge is 0.230 e. The first kappa shape index (κ1) is 15.2. The van der Waals surface area contributed by atoms with Crippen molar-refractivity contribution in [1.82, 2.24) is 9.88 Å². The average Bonchev–Trinajstić information content (AvgIpc) is 2.89. The third kappa shape index (κ3) is 3.74. The van der Waals surface area contributed by atoms with E-state index in [1.807, 2.05) is 49.4 Å². The fourth-order valence-corrected chi connectivity index (χ4v) is 2.75. The van der Waals surface area contributed by atoms with Gasteiger partial charge in [-0.15, -0.1) is 0 Å². The molecule has 1 fully saturated rings. The molecule has 118 valence electrons. The third-order valence-electron chi connectivity index (χ3n) is 3.94. The summed E-state index contributed by atoms with van der Waals surface area (Å²) < 4.78 is 0. The summed E-state index contributed by atoms with van der Waals surface area (Å²) in [5.41, 5.74) is 1.92. The van der Waals surface area contributed by atoms with Crippen LogP contribution < -0.4 is 5.32 Å². The highest BCUT2D eigenvalue weighted by Gasteiger charge is 2.34. The molecule has 1 aliphatic heterocycles. The molecule has 0 unspecified atom stereocenters. The van der Waals surface area contributed by atoms with Gasteiger partial charge in [-0.25, -0.2) is 4.98 Å². The van der Waals surface area contributed by atoms with Gasteiger partial charge in [0, 0.05) is 25.2 Å². The van der Waals surface area contributed by atoms with Gasteiger partial charge in [0.15, 0.2) is 0 Å². The molecule has 0 saturated carbocycles. The van der Waals surface area contributed by atoms with Crippen LogP contribution in [0.25, 0.3) is 0 Å². The van der Waals surface area contributed by atoms with Crippen molar-refractivity contribution in [1.29, 1.82) is 0 Å². The van der Waals surface area contributed by atoms with Gasteiger partial charge in [-0.1, -0.05) is 36.4 Å². The minimum Gasteiger partial charge on any atom is -0.338 e. The van der Waals surface area contributed by atoms with Gasteiger partial charge in [0.1, 0.15) is 5.82 Å². The van der Waals surface area contributed by atoms with Crippen LogP contribution in [0.5, 0.6) is 0 Å². The summed E-state index contributed by atoms with van der Waals surface area (Å²) in [7, 11) is 0. The van der Waals surface area contributed by atoms with E-state index in [2.05, 4.69) is 10.3 Å². The highest BCUT2D eigenvalue weighted by Crippen LogP contribution is 2.21. The molecule has 5 nitrogen and oxygen atoms in total. The summed E-state index contributed by atoms with van der Waals surface area (Å²) in [4.78, 5) is 30.5. The van der Waals surface area contributed by atoms with Gasteiger partial charge in [-0.2, -0.15) is 0 Å². The maximum Gasteiger partial charge on any atom is 0.230 e. The van der Waals surface area contributed by atoms with E-state index in [1.54, 1.807) is 11.0 Å². The van der Waals surface area contributed by atoms with Crippen LogP contribution in [-0.4, -0.2) is 28.2 Å². The molecular formula is C18H19N3O2. The Morgan fingerprint density at radius 3 is 2.74 bits per heavy atom. The molecule has 23 heavy (non-hydrogen) atoms. The van der Waals surface area contributed by atoms with Crippen molar-refractivity contribution in [2.24, 2.45) is 5.92 Å². The maximum absolute atomic E-state index is 12.3. The van der Waals surface area contributed by atoms with E-state index in [-0.39, 0.29) is 24.2 Å². The molecule has 3 rings (SSSR count). The number of hydrogen-bond donors (Lipinski definition) is 1. The van der Waals surface area contributed by atoms with Crippen LogP contribution in [0.1, 0.15) is 17.7 Å². The minimum atomic E-state index is -0.325. The molecule has 1 aromatic heterocycles. The first-order chi connectivity index (χ1) is 11.1. The Morgan fingerprint density at radius 2 is 2.00 bits per heavy atom. The number of carbonyl (C=O) groups is 2. The van der Waals surface area contributed by atoms with Crippen molar-refractivity contribution < 1.29 is 9.59 Å². The van der Waals surface area contributed by atoms with Gasteiger partial charge in [-0.05, 0) is 24.6 Å². The molecule has 1 aromatic carbocycles. The Hall–Kier alpha value is -2.69. The zero-order chi connectivity index (χ0) is 16.2. The van der Waals surface area contributed by atoms with Crippen molar-refractivity contribution in [3.63, 3.8) is 0 Å². The van der Waals surface area contributed by atoms with Crippen LogP contribution >= 0.6 is 0 Å². The van der Waals surface area contributed by atoms with Crippen LogP contribution in [0.2, 0.25) is 0 Å². The Bertz CT molecular complexity index is 715. The highest BCUT2D eigenvalue weighted by atomic mass is 16.2. The molecule has 1 N–H and O–H groups in total. The molecule has 0 aliphatic carbocycles. The SMILES string of the molecule is Cc1cccc(NC(=O)[C@@H]2CC(=O)N(Cc3ccccc3)C2)n1. The number of likely N-dealkylation sites (tertiary alicyclic amines) is 1. The number of nitrogens with zero attached hydrogens (tertiary/aromatic N) is 2. The summed E-state index contributed by atoms with van der Waals surface area (Å²) in [6.07, 6.45) is 0.254. The number of anilines is 1. The van der Waals surface area contributed by atoms with Crippen LogP contribution in [-0.2, 0) is 16.1 Å². The predicted octanol–water partition coefficient (Wildman–Crippen LogP) is 2.38. The van der Waals surface area contributed by atoms with Gasteiger partial charge in [0.2, 0.25) is 11.8 Å². The second kappa shape index (κ2) is 6.60. The second-order valence-corrected chi connectivity index (χ2v) is 5.81. The largest absolute Gasteiger partial charge is 0.338 e. The van der Waals surface area contributed by atoms with Crippen LogP contribution in [0.3, 0.4) is 0 Å². The fraction of sp³-hybridized carbons (Fsp3) is 0.278. The number of aryl methyl sites for hydroxylation is 1. The topological polar surface area (TPSA) is 62.3 Å². The van der Waals surface area contributed by atoms with E-state index in [0.29, 0.717) is 18.9 Å². The van der Waals surface area contributed by atoms with E-state index in [0.717, 1.165) is 11.3 Å². The first-order valence-corrected chi connectivity index (χ1v) is 7.68. The van der Waals surface area contributed by atoms with Gasteiger partial charge in [0.05, 0.1) is 5.92 Å². The lowest BCUT2D eigenvalue weighted by molar-refractivity contribution is -0.128. The molecule has 1 aliphatic rings. The summed E-state index contributed by atoms with van der Waals surface area (Å²) in [6.45, 7) is 2.87. The minimum absolute atomic E-state index is 0.0196. The quantitative estimate of drug-likeness (QED) is 0.943. The van der Waals surface area contributed by atoms with Crippen molar-refractivity contribution >= 4 is 17.6 Å². The lowest BCUT2D eigenvalue weighted by atomic mass is 10.1. The zero-order valence-electron chi connectivity index (χ0n) is 13.0. The van der Waals surface area contributed by atoms with Crippen molar-refractivity contribution in [2.45, 2.75) is 19.9 Å². The van der Waals surface area contributed by atoms with Gasteiger partial charge < -0.3 is 10.2 Å². The number of hydrogen-bond acceptors (Lipinski definition) is 3. The molecule has 0 spiro atoms. The monoisotopic (exact) mass is 309 g/mol. The molecule has 2 amide bonds. The van der Waals surface area contributed by atoms with Crippen LogP contribution in [0, 0.1) is 12.8 Å². The van der Waals surface area contributed by atoms with E-state index in [4.69, 9.17) is 0 Å². The Kier molecular flexibility index (Phi) is 4.37. The van der Waals surface area contributed by atoms with Gasteiger partial charge >= 0.3 is 0 Å². The van der Waals surface area contributed by atoms with E-state index >= 15 is 0 Å². The predicted molar refractivity (Wildman–Crippen MR) is 87.6 cm³/mol. The van der Waals surface area contributed by atoms with E-state index in [9.17, 15) is 9.59 Å². The summed E-state index contributed by atoms with van der Waals surface area (Å²) in [5, 5.41) is 2.80. The van der Waals surface area contributed by atoms with Crippen molar-refractivity contribution in [3.05, 3.63) is 59.8 Å². The lowest BCUT2D eigenvalue weighted by Crippen LogP contribution is -2.28. The van der Waals surface area contributed by atoms with E-state index in [1.165, 1.54) is 0 Å². The maximum atomic E-state index is 12.3. The number of benzene rings is 1. The molecule has 1 saturated heterocycles. The number of nitrogens with one attached hydrogen (secondary N) is 1. The number of amides is 2. The van der Waals surface area contributed by atoms with Gasteiger partial charge in [0.25, 0.3) is 0 Å². The summed E-state index contributed by atoms with van der Waals surface area (Å²) in [6, 6.07) is 15.3. The van der Waals surface area contributed by atoms with Gasteiger partial charge in [-0.3, -0.25) is 9.59 Å². The molecule has 1 atom stereocenters. The van der Waals surface area contributed by atoms with E-state index < -0.39 is 0 Å². The number of aromatic nitrogens is 1. The summed E-state index contributed by atoms with van der Waals surface area (Å²) >= 11 is 0. The molecule has 0 radical (unpaired) electrons. The second-order valence-electron chi connectivity index (χ2n) is 5.81. The fourth-order valence-electron chi connectivity index (χ4n) is 2.75. The Morgan fingerprint density at radius 1 is 1.22 bits per heavy atom. The third-order valence-corrected chi connectivity index (χ3v) is 3.94. The number of pyridine rings is 1. The van der Waals surface area contributed by atoms with Crippen LogP contribution in [0.4, 0.5) is 5.82 Å². The molecule has 0 bridgehead atoms. The normalized spacial score (nSPS) is 17.3.